The van der Waals surface area contributed by atoms with Crippen LogP contribution in [0.3, 0.4) is 0 Å². The van der Waals surface area contributed by atoms with E-state index in [0.29, 0.717) is 19.5 Å². The summed E-state index contributed by atoms with van der Waals surface area (Å²) >= 11 is 0. The number of carbonyl (C=O) groups excluding carboxylic acids is 1. The second kappa shape index (κ2) is 5.74. The van der Waals surface area contributed by atoms with Crippen LogP contribution in [0.5, 0.6) is 0 Å². The number of nitrogens with zero attached hydrogens (tertiary/aromatic N) is 5. The number of rotatable bonds is 3. The SMILES string of the molecule is Cc1cccc2c3c([nH]c12)CCN(C(=O)CCn1nnnc1C)C3. The molecule has 1 aromatic carbocycles. The minimum absolute atomic E-state index is 0.151. The van der Waals surface area contributed by atoms with E-state index in [1.54, 1.807) is 4.68 Å². The highest BCUT2D eigenvalue weighted by Gasteiger charge is 2.24. The van der Waals surface area contributed by atoms with Gasteiger partial charge < -0.3 is 9.88 Å². The van der Waals surface area contributed by atoms with E-state index >= 15 is 0 Å². The zero-order chi connectivity index (χ0) is 16.7. The summed E-state index contributed by atoms with van der Waals surface area (Å²) in [5.41, 5.74) is 4.96. The van der Waals surface area contributed by atoms with Crippen molar-refractivity contribution in [2.45, 2.75) is 39.8 Å². The first-order chi connectivity index (χ1) is 11.6. The van der Waals surface area contributed by atoms with Crippen molar-refractivity contribution in [1.82, 2.24) is 30.1 Å². The molecule has 1 aliphatic heterocycles. The number of carbonyl (C=O) groups is 1. The Balaban J connectivity index is 1.51. The lowest BCUT2D eigenvalue weighted by atomic mass is 10.0. The fourth-order valence-corrected chi connectivity index (χ4v) is 3.41. The number of nitrogens with one attached hydrogen (secondary N) is 1. The van der Waals surface area contributed by atoms with Crippen LogP contribution in [0, 0.1) is 13.8 Å². The smallest absolute Gasteiger partial charge is 0.224 e. The molecule has 0 fully saturated rings. The van der Waals surface area contributed by atoms with Gasteiger partial charge in [-0.15, -0.1) is 5.10 Å². The number of tetrazole rings is 1. The van der Waals surface area contributed by atoms with E-state index in [1.165, 1.54) is 27.7 Å². The van der Waals surface area contributed by atoms with Gasteiger partial charge in [-0.1, -0.05) is 18.2 Å². The topological polar surface area (TPSA) is 79.7 Å². The molecular weight excluding hydrogens is 304 g/mol. The Kier molecular flexibility index (Phi) is 3.55. The van der Waals surface area contributed by atoms with Crippen LogP contribution in [0.25, 0.3) is 10.9 Å². The van der Waals surface area contributed by atoms with Gasteiger partial charge in [-0.3, -0.25) is 4.79 Å². The summed E-state index contributed by atoms with van der Waals surface area (Å²) < 4.78 is 1.67. The molecule has 24 heavy (non-hydrogen) atoms. The zero-order valence-electron chi connectivity index (χ0n) is 13.9. The van der Waals surface area contributed by atoms with Gasteiger partial charge in [0, 0.05) is 48.1 Å². The molecule has 0 saturated heterocycles. The van der Waals surface area contributed by atoms with E-state index in [-0.39, 0.29) is 5.91 Å². The maximum absolute atomic E-state index is 12.6. The number of aryl methyl sites for hydroxylation is 3. The number of hydrogen-bond donors (Lipinski definition) is 1. The normalized spacial score (nSPS) is 14.2. The number of benzene rings is 1. The monoisotopic (exact) mass is 324 g/mol. The Hall–Kier alpha value is -2.70. The van der Waals surface area contributed by atoms with Gasteiger partial charge in [0.05, 0.1) is 6.54 Å². The van der Waals surface area contributed by atoms with Crippen molar-refractivity contribution in [3.8, 4) is 0 Å². The number of amides is 1. The van der Waals surface area contributed by atoms with E-state index in [2.05, 4.69) is 45.6 Å². The van der Waals surface area contributed by atoms with Gasteiger partial charge in [-0.05, 0) is 29.8 Å². The lowest BCUT2D eigenvalue weighted by Crippen LogP contribution is -2.36. The molecule has 1 N–H and O–H groups in total. The lowest BCUT2D eigenvalue weighted by Gasteiger charge is -2.27. The highest BCUT2D eigenvalue weighted by Crippen LogP contribution is 2.29. The number of aromatic nitrogens is 5. The van der Waals surface area contributed by atoms with Crippen LogP contribution < -0.4 is 0 Å². The summed E-state index contributed by atoms with van der Waals surface area (Å²) in [5, 5.41) is 12.6. The Morgan fingerprint density at radius 2 is 2.21 bits per heavy atom. The minimum atomic E-state index is 0.151. The van der Waals surface area contributed by atoms with Gasteiger partial charge in [-0.2, -0.15) is 0 Å². The second-order valence-electron chi connectivity index (χ2n) is 6.34. The molecule has 0 spiro atoms. The maximum Gasteiger partial charge on any atom is 0.224 e. The molecule has 1 amide bonds. The molecule has 0 unspecified atom stereocenters. The van der Waals surface area contributed by atoms with E-state index < -0.39 is 0 Å². The quantitative estimate of drug-likeness (QED) is 0.796. The molecule has 3 heterocycles. The summed E-state index contributed by atoms with van der Waals surface area (Å²) in [7, 11) is 0. The minimum Gasteiger partial charge on any atom is -0.358 e. The summed E-state index contributed by atoms with van der Waals surface area (Å²) in [4.78, 5) is 18.1. The van der Waals surface area contributed by atoms with Crippen LogP contribution in [-0.2, 0) is 24.3 Å². The molecular formula is C17H20N6O. The molecule has 4 rings (SSSR count). The molecule has 7 heteroatoms. The molecule has 0 atom stereocenters. The summed E-state index contributed by atoms with van der Waals surface area (Å²) in [6.45, 7) is 5.90. The van der Waals surface area contributed by atoms with Crippen molar-refractivity contribution >= 4 is 16.8 Å². The van der Waals surface area contributed by atoms with Gasteiger partial charge in [0.15, 0.2) is 0 Å². The van der Waals surface area contributed by atoms with Gasteiger partial charge in [-0.25, -0.2) is 4.68 Å². The third-order valence-electron chi connectivity index (χ3n) is 4.82. The van der Waals surface area contributed by atoms with E-state index in [0.717, 1.165) is 18.8 Å². The molecule has 0 bridgehead atoms. The third-order valence-corrected chi connectivity index (χ3v) is 4.82. The van der Waals surface area contributed by atoms with Gasteiger partial charge in [0.2, 0.25) is 5.91 Å². The predicted molar refractivity (Wildman–Crippen MR) is 89.3 cm³/mol. The highest BCUT2D eigenvalue weighted by molar-refractivity contribution is 5.88. The fraction of sp³-hybridized carbons (Fsp3) is 0.412. The average molecular weight is 324 g/mol. The van der Waals surface area contributed by atoms with E-state index in [4.69, 9.17) is 0 Å². The Bertz CT molecular complexity index is 909. The fourth-order valence-electron chi connectivity index (χ4n) is 3.41. The van der Waals surface area contributed by atoms with Crippen molar-refractivity contribution in [3.05, 3.63) is 40.8 Å². The van der Waals surface area contributed by atoms with Crippen molar-refractivity contribution < 1.29 is 4.79 Å². The van der Waals surface area contributed by atoms with Crippen LogP contribution >= 0.6 is 0 Å². The molecule has 3 aromatic rings. The molecule has 1 aliphatic rings. The van der Waals surface area contributed by atoms with Crippen molar-refractivity contribution in [2.24, 2.45) is 0 Å². The summed E-state index contributed by atoms with van der Waals surface area (Å²) in [6, 6.07) is 6.32. The third kappa shape index (κ3) is 2.46. The van der Waals surface area contributed by atoms with Gasteiger partial charge >= 0.3 is 0 Å². The number of para-hydroxylation sites is 1. The van der Waals surface area contributed by atoms with Crippen LogP contribution in [0.2, 0.25) is 0 Å². The highest BCUT2D eigenvalue weighted by atomic mass is 16.2. The van der Waals surface area contributed by atoms with Crippen molar-refractivity contribution in [3.63, 3.8) is 0 Å². The first-order valence-electron chi connectivity index (χ1n) is 8.23. The maximum atomic E-state index is 12.6. The van der Waals surface area contributed by atoms with E-state index in [1.807, 2.05) is 11.8 Å². The molecule has 2 aromatic heterocycles. The average Bonchev–Trinajstić information content (AvgIpc) is 3.16. The van der Waals surface area contributed by atoms with Crippen molar-refractivity contribution in [2.75, 3.05) is 6.54 Å². The zero-order valence-corrected chi connectivity index (χ0v) is 13.9. The lowest BCUT2D eigenvalue weighted by molar-refractivity contribution is -0.132. The number of fused-ring (bicyclic) bond motifs is 3. The first kappa shape index (κ1) is 14.9. The Labute approximate surface area is 139 Å². The molecule has 0 radical (unpaired) electrons. The Morgan fingerprint density at radius 1 is 1.33 bits per heavy atom. The summed E-state index contributed by atoms with van der Waals surface area (Å²) in [5.74, 6) is 0.883. The molecule has 0 saturated carbocycles. The molecule has 124 valence electrons. The largest absolute Gasteiger partial charge is 0.358 e. The van der Waals surface area contributed by atoms with Crippen LogP contribution in [0.15, 0.2) is 18.2 Å². The van der Waals surface area contributed by atoms with E-state index in [9.17, 15) is 4.79 Å². The molecule has 0 aliphatic carbocycles. The van der Waals surface area contributed by atoms with Crippen molar-refractivity contribution in [1.29, 1.82) is 0 Å². The predicted octanol–water partition coefficient (Wildman–Crippen LogP) is 1.75. The van der Waals surface area contributed by atoms with Crippen LogP contribution in [0.1, 0.15) is 29.1 Å². The summed E-state index contributed by atoms with van der Waals surface area (Å²) in [6.07, 6.45) is 1.29. The van der Waals surface area contributed by atoms with Gasteiger partial charge in [0.1, 0.15) is 5.82 Å². The Morgan fingerprint density at radius 3 is 3.00 bits per heavy atom. The second-order valence-corrected chi connectivity index (χ2v) is 6.34. The standard InChI is InChI=1S/C17H20N6O/c1-11-4-3-5-13-14-10-22(8-6-15(14)18-17(11)13)16(24)7-9-23-12(2)19-20-21-23/h3-5,18H,6-10H2,1-2H3. The van der Waals surface area contributed by atoms with Crippen LogP contribution in [0.4, 0.5) is 0 Å². The number of hydrogen-bond acceptors (Lipinski definition) is 4. The van der Waals surface area contributed by atoms with Gasteiger partial charge in [0.25, 0.3) is 0 Å². The number of H-pyrrole nitrogens is 1. The number of aromatic amines is 1. The molecule has 7 nitrogen and oxygen atoms in total. The first-order valence-corrected chi connectivity index (χ1v) is 8.23. The van der Waals surface area contributed by atoms with Crippen LogP contribution in [-0.4, -0.2) is 42.5 Å².